The van der Waals surface area contributed by atoms with Gasteiger partial charge in [0.25, 0.3) is 5.56 Å². The molecule has 0 saturated carbocycles. The lowest BCUT2D eigenvalue weighted by molar-refractivity contribution is -0.153. The lowest BCUT2D eigenvalue weighted by Crippen LogP contribution is -2.37. The molecule has 0 aliphatic carbocycles. The summed E-state index contributed by atoms with van der Waals surface area (Å²) >= 11 is 3.07. The minimum absolute atomic E-state index is 0.0319. The Labute approximate surface area is 150 Å². The van der Waals surface area contributed by atoms with Crippen molar-refractivity contribution in [3.8, 4) is 0 Å². The van der Waals surface area contributed by atoms with Gasteiger partial charge in [-0.05, 0) is 11.1 Å². The summed E-state index contributed by atoms with van der Waals surface area (Å²) in [5.74, 6) is -1.01. The minimum atomic E-state index is -0.948. The molecule has 0 spiro atoms. The summed E-state index contributed by atoms with van der Waals surface area (Å²) in [7, 11) is 0. The van der Waals surface area contributed by atoms with Crippen LogP contribution in [0.5, 0.6) is 0 Å². The number of nitrogens with zero attached hydrogens (tertiary/aromatic N) is 1. The maximum Gasteiger partial charge on any atom is 0.330 e. The monoisotopic (exact) mass is 416 g/mol. The van der Waals surface area contributed by atoms with E-state index in [0.29, 0.717) is 0 Å². The largest absolute Gasteiger partial charge is 0.463 e. The van der Waals surface area contributed by atoms with E-state index in [-0.39, 0.29) is 18.6 Å². The van der Waals surface area contributed by atoms with Crippen LogP contribution in [0, 0.1) is 0 Å². The van der Waals surface area contributed by atoms with Crippen molar-refractivity contribution >= 4 is 33.9 Å². The Morgan fingerprint density at radius 1 is 1.40 bits per heavy atom. The number of esters is 2. The van der Waals surface area contributed by atoms with Crippen LogP contribution >= 0.6 is 15.9 Å². The summed E-state index contributed by atoms with van der Waals surface area (Å²) in [5, 5.41) is 0. The Kier molecular flexibility index (Phi) is 6.32. The molecule has 0 unspecified atom stereocenters. The molecule has 0 aromatic carbocycles. The Morgan fingerprint density at radius 2 is 2.12 bits per heavy atom. The van der Waals surface area contributed by atoms with Crippen LogP contribution in [0.15, 0.2) is 20.8 Å². The minimum Gasteiger partial charge on any atom is -0.463 e. The first kappa shape index (κ1) is 19.1. The number of hydrogen-bond donors (Lipinski definition) is 1. The number of aromatic nitrogens is 2. The normalized spacial score (nSPS) is 22.9. The third-order valence-electron chi connectivity index (χ3n) is 3.45. The van der Waals surface area contributed by atoms with Gasteiger partial charge in [-0.3, -0.25) is 23.9 Å². The van der Waals surface area contributed by atoms with Gasteiger partial charge in [0.05, 0.1) is 11.7 Å². The van der Waals surface area contributed by atoms with Crippen LogP contribution in [-0.4, -0.2) is 40.3 Å². The quantitative estimate of drug-likeness (QED) is 0.701. The zero-order chi connectivity index (χ0) is 18.6. The Hall–Kier alpha value is -2.20. The predicted molar refractivity (Wildman–Crippen MR) is 90.0 cm³/mol. The molecule has 0 amide bonds. The molecule has 1 saturated heterocycles. The molecule has 1 aromatic rings. The molecule has 3 atom stereocenters. The van der Waals surface area contributed by atoms with Gasteiger partial charge in [-0.15, -0.1) is 0 Å². The number of nitrogens with one attached hydrogen (secondary N) is 1. The van der Waals surface area contributed by atoms with Gasteiger partial charge in [0.2, 0.25) is 0 Å². The smallest absolute Gasteiger partial charge is 0.330 e. The van der Waals surface area contributed by atoms with E-state index in [1.807, 2.05) is 0 Å². The molecular formula is C15H17BrN2O7. The van der Waals surface area contributed by atoms with E-state index in [9.17, 15) is 19.2 Å². The number of hydrogen-bond acceptors (Lipinski definition) is 7. The van der Waals surface area contributed by atoms with Crippen LogP contribution < -0.4 is 11.2 Å². The lowest BCUT2D eigenvalue weighted by Gasteiger charge is -2.20. The van der Waals surface area contributed by atoms with Crippen molar-refractivity contribution in [2.24, 2.45) is 0 Å². The van der Waals surface area contributed by atoms with E-state index in [2.05, 4.69) is 20.9 Å². The summed E-state index contributed by atoms with van der Waals surface area (Å²) in [6.45, 7) is 2.47. The highest BCUT2D eigenvalue weighted by Gasteiger charge is 2.40. The van der Waals surface area contributed by atoms with Crippen LogP contribution in [-0.2, 0) is 23.8 Å². The Morgan fingerprint density at radius 3 is 2.72 bits per heavy atom. The molecule has 2 rings (SSSR count). The average Bonchev–Trinajstić information content (AvgIpc) is 2.90. The number of rotatable bonds is 5. The fourth-order valence-electron chi connectivity index (χ4n) is 2.47. The molecule has 136 valence electrons. The van der Waals surface area contributed by atoms with Crippen molar-refractivity contribution in [1.82, 2.24) is 9.55 Å². The lowest BCUT2D eigenvalue weighted by atomic mass is 10.2. The average molecular weight is 417 g/mol. The van der Waals surface area contributed by atoms with E-state index in [1.54, 1.807) is 0 Å². The molecule has 0 bridgehead atoms. The second kappa shape index (κ2) is 8.26. The van der Waals surface area contributed by atoms with Crippen molar-refractivity contribution in [3.05, 3.63) is 37.6 Å². The third kappa shape index (κ3) is 4.89. The van der Waals surface area contributed by atoms with Gasteiger partial charge in [-0.2, -0.15) is 0 Å². The van der Waals surface area contributed by atoms with E-state index in [1.165, 1.54) is 31.1 Å². The van der Waals surface area contributed by atoms with Crippen LogP contribution in [0.25, 0.3) is 6.08 Å². The summed E-state index contributed by atoms with van der Waals surface area (Å²) in [6.07, 6.45) is 0.757. The van der Waals surface area contributed by atoms with Crippen molar-refractivity contribution in [3.63, 3.8) is 0 Å². The molecule has 2 heterocycles. The molecule has 0 radical (unpaired) electrons. The number of halogens is 1. The zero-order valence-electron chi connectivity index (χ0n) is 13.6. The SMILES string of the molecule is CC(=O)OC[C@@H]1C[C@@H](OC(C)=O)[C@H](n2cc(/C=C/Br)c(=O)[nH]c2=O)O1. The number of carbonyl (C=O) groups excluding carboxylic acids is 2. The zero-order valence-corrected chi connectivity index (χ0v) is 15.1. The van der Waals surface area contributed by atoms with Crippen molar-refractivity contribution < 1.29 is 23.8 Å². The van der Waals surface area contributed by atoms with E-state index in [0.717, 1.165) is 4.57 Å². The molecule has 1 aliphatic rings. The first-order chi connectivity index (χ1) is 11.8. The molecule has 1 N–H and O–H groups in total. The summed E-state index contributed by atoms with van der Waals surface area (Å²) in [6, 6.07) is 0. The van der Waals surface area contributed by atoms with Crippen molar-refractivity contribution in [1.29, 1.82) is 0 Å². The summed E-state index contributed by atoms with van der Waals surface area (Å²) < 4.78 is 17.0. The predicted octanol–water partition coefficient (Wildman–Crippen LogP) is 0.684. The molecule has 1 fully saturated rings. The maximum absolute atomic E-state index is 12.2. The van der Waals surface area contributed by atoms with E-state index in [4.69, 9.17) is 14.2 Å². The highest BCUT2D eigenvalue weighted by atomic mass is 79.9. The van der Waals surface area contributed by atoms with Gasteiger partial charge in [0.1, 0.15) is 12.7 Å². The highest BCUT2D eigenvalue weighted by Crippen LogP contribution is 2.30. The fourth-order valence-corrected chi connectivity index (χ4v) is 2.76. The standard InChI is InChI=1S/C15H17BrN2O7/c1-8(19)23-7-11-5-12(24-9(2)20)14(25-11)18-6-10(3-4-16)13(21)17-15(18)22/h3-4,6,11-12,14H,5,7H2,1-2H3,(H,17,21,22)/b4-3+/t11-,12+,14+/m0/s1. The van der Waals surface area contributed by atoms with E-state index >= 15 is 0 Å². The topological polar surface area (TPSA) is 117 Å². The highest BCUT2D eigenvalue weighted by molar-refractivity contribution is 9.11. The molecule has 1 aliphatic heterocycles. The van der Waals surface area contributed by atoms with Crippen LogP contribution in [0.3, 0.4) is 0 Å². The second-order valence-electron chi connectivity index (χ2n) is 5.38. The van der Waals surface area contributed by atoms with Crippen molar-refractivity contribution in [2.45, 2.75) is 38.7 Å². The number of aromatic amines is 1. The number of carbonyl (C=O) groups is 2. The molecular weight excluding hydrogens is 400 g/mol. The summed E-state index contributed by atoms with van der Waals surface area (Å²) in [5.41, 5.74) is -1.05. The third-order valence-corrected chi connectivity index (χ3v) is 3.71. The molecule has 9 nitrogen and oxygen atoms in total. The maximum atomic E-state index is 12.2. The second-order valence-corrected chi connectivity index (χ2v) is 5.91. The molecule has 25 heavy (non-hydrogen) atoms. The first-order valence-corrected chi connectivity index (χ1v) is 8.31. The van der Waals surface area contributed by atoms with Crippen molar-refractivity contribution in [2.75, 3.05) is 6.61 Å². The molecule has 10 heteroatoms. The first-order valence-electron chi connectivity index (χ1n) is 7.40. The van der Waals surface area contributed by atoms with Gasteiger partial charge in [-0.25, -0.2) is 4.79 Å². The number of H-pyrrole nitrogens is 1. The number of ether oxygens (including phenoxy) is 3. The van der Waals surface area contributed by atoms with Gasteiger partial charge in [-0.1, -0.05) is 15.9 Å². The fraction of sp³-hybridized carbons (Fsp3) is 0.467. The van der Waals surface area contributed by atoms with Crippen LogP contribution in [0.1, 0.15) is 32.1 Å². The van der Waals surface area contributed by atoms with Gasteiger partial charge >= 0.3 is 17.6 Å². The summed E-state index contributed by atoms with van der Waals surface area (Å²) in [4.78, 5) is 49.9. The van der Waals surface area contributed by atoms with E-state index < -0.39 is 41.6 Å². The van der Waals surface area contributed by atoms with Gasteiger partial charge in [0.15, 0.2) is 6.23 Å². The Bertz CT molecular complexity index is 798. The Balaban J connectivity index is 2.34. The van der Waals surface area contributed by atoms with Gasteiger partial charge in [0, 0.05) is 26.5 Å². The molecule has 1 aromatic heterocycles. The van der Waals surface area contributed by atoms with Gasteiger partial charge < -0.3 is 14.2 Å². The van der Waals surface area contributed by atoms with Crippen LogP contribution in [0.4, 0.5) is 0 Å². The van der Waals surface area contributed by atoms with Crippen LogP contribution in [0.2, 0.25) is 0 Å².